The molecule has 0 aliphatic rings. The van der Waals surface area contributed by atoms with Crippen LogP contribution in [0.1, 0.15) is 43.5 Å². The number of benzene rings is 2. The number of hydrogen-bond acceptors (Lipinski definition) is 4. The minimum Gasteiger partial charge on any atom is -0.476 e. The van der Waals surface area contributed by atoms with E-state index in [0.717, 1.165) is 29.2 Å². The molecular weight excluding hydrogens is 388 g/mol. The lowest BCUT2D eigenvalue weighted by atomic mass is 10.0. The monoisotopic (exact) mass is 418 g/mol. The molecule has 2 nitrogen and oxygen atoms in total. The van der Waals surface area contributed by atoms with Gasteiger partial charge in [0, 0.05) is 16.9 Å². The molecule has 0 aliphatic heterocycles. The van der Waals surface area contributed by atoms with Crippen molar-refractivity contribution in [1.29, 1.82) is 0 Å². The summed E-state index contributed by atoms with van der Waals surface area (Å²) in [4.78, 5) is 13.1. The molecule has 0 N–H and O–H groups in total. The molecule has 0 bridgehead atoms. The van der Waals surface area contributed by atoms with Crippen LogP contribution in [0.3, 0.4) is 0 Å². The zero-order valence-electron chi connectivity index (χ0n) is 17.0. The Morgan fingerprint density at radius 3 is 2.44 bits per heavy atom. The molecule has 0 saturated heterocycles. The van der Waals surface area contributed by atoms with E-state index in [1.807, 2.05) is 37.3 Å². The quantitative estimate of drug-likeness (QED) is 0.265. The van der Waals surface area contributed by atoms with Crippen molar-refractivity contribution in [3.63, 3.8) is 0 Å². The van der Waals surface area contributed by atoms with Crippen LogP contribution < -0.4 is 0 Å². The summed E-state index contributed by atoms with van der Waals surface area (Å²) in [7, 11) is -1.48. The molecule has 146 valence electrons. The predicted molar refractivity (Wildman–Crippen MR) is 126 cm³/mol. The first-order valence-electron chi connectivity index (χ1n) is 9.60. The summed E-state index contributed by atoms with van der Waals surface area (Å²) < 4.78 is 6.42. The van der Waals surface area contributed by atoms with Crippen molar-refractivity contribution in [3.8, 4) is 0 Å². The summed E-state index contributed by atoms with van der Waals surface area (Å²) in [6.45, 7) is 11.1. The van der Waals surface area contributed by atoms with E-state index in [9.17, 15) is 4.79 Å². The molecule has 0 spiro atoms. The molecule has 0 saturated carbocycles. The maximum absolute atomic E-state index is 12.8. The number of carbonyl (C=O) groups excluding carboxylic acids is 1. The summed E-state index contributed by atoms with van der Waals surface area (Å²) >= 11 is 7.10. The van der Waals surface area contributed by atoms with Gasteiger partial charge in [-0.25, -0.2) is 0 Å². The lowest BCUT2D eigenvalue weighted by Gasteiger charge is -2.28. The number of carbonyl (C=O) groups is 1. The standard InChI is InChI=1S/C22H30O2S2Si/c1-6-16(2)24-22(25)26-21(27(3,4)5)14-13-20(23)19-12-11-17-9-7-8-10-18(17)15-19/h7-12,15-16,21H,6,13-14H2,1-5H3. The Labute approximate surface area is 174 Å². The number of Topliss-reactive ketones (excluding diaryl/α,β-unsaturated/α-hetero) is 1. The maximum atomic E-state index is 12.8. The third-order valence-electron chi connectivity index (χ3n) is 4.78. The van der Waals surface area contributed by atoms with Gasteiger partial charge in [0.05, 0.1) is 14.2 Å². The molecule has 27 heavy (non-hydrogen) atoms. The first-order chi connectivity index (χ1) is 12.7. The number of hydrogen-bond donors (Lipinski definition) is 0. The molecular formula is C22H30O2S2Si. The van der Waals surface area contributed by atoms with Gasteiger partial charge in [-0.15, -0.1) is 0 Å². The van der Waals surface area contributed by atoms with Gasteiger partial charge in [-0.1, -0.05) is 74.7 Å². The van der Waals surface area contributed by atoms with Crippen molar-refractivity contribution in [3.05, 3.63) is 48.0 Å². The Morgan fingerprint density at radius 2 is 1.81 bits per heavy atom. The second kappa shape index (κ2) is 9.85. The molecule has 2 rings (SSSR count). The van der Waals surface area contributed by atoms with Crippen LogP contribution in [0.4, 0.5) is 0 Å². The number of thiocarbonyl (C=S) groups is 1. The lowest BCUT2D eigenvalue weighted by Crippen LogP contribution is -2.37. The van der Waals surface area contributed by atoms with Crippen molar-refractivity contribution in [2.45, 2.75) is 63.7 Å². The summed E-state index contributed by atoms with van der Waals surface area (Å²) in [5.74, 6) is 0.207. The largest absolute Gasteiger partial charge is 0.476 e. The molecule has 2 unspecified atom stereocenters. The topological polar surface area (TPSA) is 26.3 Å². The van der Waals surface area contributed by atoms with Gasteiger partial charge >= 0.3 is 0 Å². The smallest absolute Gasteiger partial charge is 0.220 e. The number of ether oxygens (including phenoxy) is 1. The van der Waals surface area contributed by atoms with E-state index in [1.165, 1.54) is 0 Å². The number of thioether (sulfide) groups is 1. The Balaban J connectivity index is 2.02. The molecule has 0 radical (unpaired) electrons. The van der Waals surface area contributed by atoms with Gasteiger partial charge in [-0.2, -0.15) is 0 Å². The van der Waals surface area contributed by atoms with Gasteiger partial charge in [0.15, 0.2) is 5.78 Å². The summed E-state index contributed by atoms with van der Waals surface area (Å²) in [6.07, 6.45) is 2.48. The van der Waals surface area contributed by atoms with Crippen molar-refractivity contribution in [1.82, 2.24) is 0 Å². The summed E-state index contributed by atoms with van der Waals surface area (Å²) in [5.41, 5.74) is 0.798. The average Bonchev–Trinajstić information content (AvgIpc) is 2.63. The van der Waals surface area contributed by atoms with E-state index >= 15 is 0 Å². The average molecular weight is 419 g/mol. The molecule has 5 heteroatoms. The van der Waals surface area contributed by atoms with E-state index in [1.54, 1.807) is 11.8 Å². The van der Waals surface area contributed by atoms with E-state index in [-0.39, 0.29) is 11.9 Å². The molecule has 2 aromatic rings. The van der Waals surface area contributed by atoms with Gasteiger partial charge in [0.1, 0.15) is 0 Å². The molecule has 0 aliphatic carbocycles. The highest BCUT2D eigenvalue weighted by atomic mass is 32.2. The fourth-order valence-electron chi connectivity index (χ4n) is 2.83. The van der Waals surface area contributed by atoms with Crippen LogP contribution in [-0.2, 0) is 4.74 Å². The maximum Gasteiger partial charge on any atom is 0.220 e. The van der Waals surface area contributed by atoms with Gasteiger partial charge in [-0.3, -0.25) is 4.79 Å². The van der Waals surface area contributed by atoms with Crippen LogP contribution in [0.15, 0.2) is 42.5 Å². The summed E-state index contributed by atoms with van der Waals surface area (Å²) in [6, 6.07) is 14.1. The first-order valence-corrected chi connectivity index (χ1v) is 14.5. The number of ketones is 1. The Morgan fingerprint density at radius 1 is 1.15 bits per heavy atom. The Hall–Kier alpha value is -1.17. The summed E-state index contributed by atoms with van der Waals surface area (Å²) in [5, 5.41) is 2.28. The van der Waals surface area contributed by atoms with E-state index in [2.05, 4.69) is 38.7 Å². The minimum absolute atomic E-state index is 0.145. The van der Waals surface area contributed by atoms with Gasteiger partial charge in [-0.05, 0) is 48.8 Å². The number of rotatable bonds is 8. The van der Waals surface area contributed by atoms with Crippen LogP contribution >= 0.6 is 24.0 Å². The predicted octanol–water partition coefficient (Wildman–Crippen LogP) is 6.88. The first kappa shape index (κ1) is 22.1. The van der Waals surface area contributed by atoms with Crippen LogP contribution in [-0.4, -0.2) is 29.2 Å². The van der Waals surface area contributed by atoms with Gasteiger partial charge in [0.25, 0.3) is 0 Å². The van der Waals surface area contributed by atoms with Crippen LogP contribution in [0.25, 0.3) is 10.8 Å². The van der Waals surface area contributed by atoms with Crippen molar-refractivity contribution in [2.24, 2.45) is 0 Å². The highest BCUT2D eigenvalue weighted by Crippen LogP contribution is 2.29. The zero-order chi connectivity index (χ0) is 20.0. The second-order valence-electron chi connectivity index (χ2n) is 8.08. The van der Waals surface area contributed by atoms with Crippen molar-refractivity contribution < 1.29 is 9.53 Å². The third-order valence-corrected chi connectivity index (χ3v) is 10.7. The molecule has 0 amide bonds. The Kier molecular flexibility index (Phi) is 8.07. The molecule has 2 aromatic carbocycles. The normalized spacial score (nSPS) is 14.0. The minimum atomic E-state index is -1.48. The highest BCUT2D eigenvalue weighted by Gasteiger charge is 2.29. The lowest BCUT2D eigenvalue weighted by molar-refractivity contribution is 0.0981. The third kappa shape index (κ3) is 6.73. The number of fused-ring (bicyclic) bond motifs is 1. The second-order valence-corrected chi connectivity index (χ2v) is 15.7. The van der Waals surface area contributed by atoms with Crippen molar-refractivity contribution >= 4 is 53.0 Å². The van der Waals surface area contributed by atoms with Gasteiger partial charge in [0.2, 0.25) is 4.38 Å². The van der Waals surface area contributed by atoms with E-state index in [4.69, 9.17) is 17.0 Å². The fraction of sp³-hybridized carbons (Fsp3) is 0.455. The fourth-order valence-corrected chi connectivity index (χ4v) is 7.03. The molecule has 0 aromatic heterocycles. The van der Waals surface area contributed by atoms with Crippen LogP contribution in [0.2, 0.25) is 19.6 Å². The van der Waals surface area contributed by atoms with E-state index < -0.39 is 8.07 Å². The highest BCUT2D eigenvalue weighted by molar-refractivity contribution is 8.23. The van der Waals surface area contributed by atoms with E-state index in [0.29, 0.717) is 15.7 Å². The Bertz CT molecular complexity index is 798. The zero-order valence-corrected chi connectivity index (χ0v) is 19.6. The molecule has 0 heterocycles. The van der Waals surface area contributed by atoms with Crippen molar-refractivity contribution in [2.75, 3.05) is 0 Å². The van der Waals surface area contributed by atoms with Crippen LogP contribution in [0, 0.1) is 0 Å². The molecule has 2 atom stereocenters. The van der Waals surface area contributed by atoms with Crippen LogP contribution in [0.5, 0.6) is 0 Å². The SMILES string of the molecule is CCC(C)OC(=S)SC(CCC(=O)c1ccc2ccccc2c1)[Si](C)(C)C. The van der Waals surface area contributed by atoms with Gasteiger partial charge < -0.3 is 4.74 Å². The molecule has 0 fully saturated rings.